The summed E-state index contributed by atoms with van der Waals surface area (Å²) in [4.78, 5) is 22.6. The van der Waals surface area contributed by atoms with Crippen molar-refractivity contribution in [3.05, 3.63) is 0 Å². The summed E-state index contributed by atoms with van der Waals surface area (Å²) < 4.78 is 0. The number of rotatable bonds is 7. The van der Waals surface area contributed by atoms with Crippen LogP contribution in [0.25, 0.3) is 0 Å². The van der Waals surface area contributed by atoms with E-state index in [0.717, 1.165) is 0 Å². The van der Waals surface area contributed by atoms with Gasteiger partial charge in [0.2, 0.25) is 5.91 Å². The quantitative estimate of drug-likeness (QED) is 0.552. The molecule has 0 aliphatic rings. The van der Waals surface area contributed by atoms with E-state index in [4.69, 9.17) is 10.4 Å². The van der Waals surface area contributed by atoms with E-state index in [9.17, 15) is 9.59 Å². The van der Waals surface area contributed by atoms with Crippen molar-refractivity contribution in [2.24, 2.45) is 0 Å². The molecule has 0 rings (SSSR count). The molecule has 0 unspecified atom stereocenters. The third kappa shape index (κ3) is 8.71. The van der Waals surface area contributed by atoms with Crippen LogP contribution in [0.3, 0.4) is 0 Å². The Kier molecular flexibility index (Phi) is 6.93. The fourth-order valence-corrected chi connectivity index (χ4v) is 1.01. The van der Waals surface area contributed by atoms with Crippen LogP contribution in [0.1, 0.15) is 13.3 Å². The van der Waals surface area contributed by atoms with Crippen molar-refractivity contribution >= 4 is 11.9 Å². The number of carboxylic acids is 1. The number of carbonyl (C=O) groups excluding carboxylic acids is 1. The van der Waals surface area contributed by atoms with Gasteiger partial charge in [-0.2, -0.15) is 5.26 Å². The van der Waals surface area contributed by atoms with Gasteiger partial charge in [-0.25, -0.2) is 0 Å². The summed E-state index contributed by atoms with van der Waals surface area (Å²) in [5.41, 5.74) is 0. The zero-order valence-corrected chi connectivity index (χ0v) is 8.69. The Morgan fingerprint density at radius 2 is 2.13 bits per heavy atom. The lowest BCUT2D eigenvalue weighted by Crippen LogP contribution is -2.35. The average Bonchev–Trinajstić information content (AvgIpc) is 2.13. The second-order valence-electron chi connectivity index (χ2n) is 3.06. The molecule has 0 aliphatic carbocycles. The Morgan fingerprint density at radius 3 is 2.60 bits per heavy atom. The predicted octanol–water partition coefficient (Wildman–Crippen LogP) is -0.577. The highest BCUT2D eigenvalue weighted by Gasteiger charge is 2.06. The monoisotopic (exact) mass is 213 g/mol. The molecule has 6 heteroatoms. The molecular weight excluding hydrogens is 198 g/mol. The summed E-state index contributed by atoms with van der Waals surface area (Å²) in [5.74, 6) is -1.03. The minimum absolute atomic E-state index is 0.00174. The lowest BCUT2D eigenvalue weighted by molar-refractivity contribution is -0.137. The first-order valence-electron chi connectivity index (χ1n) is 4.61. The van der Waals surface area contributed by atoms with Crippen LogP contribution in [0.15, 0.2) is 0 Å². The van der Waals surface area contributed by atoms with Gasteiger partial charge in [0.15, 0.2) is 0 Å². The van der Waals surface area contributed by atoms with Gasteiger partial charge in [-0.15, -0.1) is 0 Å². The van der Waals surface area contributed by atoms with E-state index in [0.29, 0.717) is 19.6 Å². The van der Waals surface area contributed by atoms with E-state index >= 15 is 0 Å². The molecule has 1 amide bonds. The molecule has 0 aromatic rings. The number of aliphatic carboxylic acids is 1. The van der Waals surface area contributed by atoms with E-state index in [1.807, 2.05) is 6.07 Å². The van der Waals surface area contributed by atoms with Gasteiger partial charge in [-0.1, -0.05) is 0 Å². The van der Waals surface area contributed by atoms with Gasteiger partial charge in [0, 0.05) is 26.6 Å². The van der Waals surface area contributed by atoms with E-state index in [2.05, 4.69) is 5.32 Å². The molecule has 0 saturated heterocycles. The highest BCUT2D eigenvalue weighted by molar-refractivity contribution is 5.72. The Morgan fingerprint density at radius 1 is 1.47 bits per heavy atom. The second-order valence-corrected chi connectivity index (χ2v) is 3.06. The smallest absolute Gasteiger partial charge is 0.304 e. The molecule has 0 heterocycles. The zero-order valence-electron chi connectivity index (χ0n) is 8.69. The molecular formula is C9H15N3O3. The molecule has 0 aromatic carbocycles. The molecule has 0 spiro atoms. The van der Waals surface area contributed by atoms with Crippen LogP contribution >= 0.6 is 0 Å². The number of carboxylic acid groups (broad SMARTS) is 1. The molecule has 0 aliphatic heterocycles. The standard InChI is InChI=1S/C9H15N3O3/c1-8(13)11-4-7-12(6-3-10)5-2-9(14)15/h2,4-7H2,1H3,(H,11,13)(H,14,15). The van der Waals surface area contributed by atoms with Crippen LogP contribution < -0.4 is 5.32 Å². The average molecular weight is 213 g/mol. The van der Waals surface area contributed by atoms with Gasteiger partial charge in [0.1, 0.15) is 0 Å². The number of nitriles is 1. The van der Waals surface area contributed by atoms with Crippen molar-refractivity contribution in [1.29, 1.82) is 5.26 Å². The molecule has 0 aromatic heterocycles. The van der Waals surface area contributed by atoms with Crippen LogP contribution in [0.4, 0.5) is 0 Å². The van der Waals surface area contributed by atoms with Crippen LogP contribution in [0, 0.1) is 11.3 Å². The molecule has 6 nitrogen and oxygen atoms in total. The first-order chi connectivity index (χ1) is 7.06. The summed E-state index contributed by atoms with van der Waals surface area (Å²) in [6.07, 6.45) is 0.00174. The van der Waals surface area contributed by atoms with Crippen LogP contribution in [0.5, 0.6) is 0 Å². The SMILES string of the molecule is CC(=O)NCCN(CC#N)CCC(=O)O. The van der Waals surface area contributed by atoms with Crippen LogP contribution in [-0.4, -0.2) is 48.1 Å². The van der Waals surface area contributed by atoms with Gasteiger partial charge in [-0.05, 0) is 0 Å². The van der Waals surface area contributed by atoms with Crippen molar-refractivity contribution in [3.8, 4) is 6.07 Å². The van der Waals surface area contributed by atoms with Crippen molar-refractivity contribution < 1.29 is 14.7 Å². The van der Waals surface area contributed by atoms with Crippen molar-refractivity contribution in [2.75, 3.05) is 26.2 Å². The fourth-order valence-electron chi connectivity index (χ4n) is 1.01. The number of hydrogen-bond acceptors (Lipinski definition) is 4. The van der Waals surface area contributed by atoms with Gasteiger partial charge < -0.3 is 10.4 Å². The van der Waals surface area contributed by atoms with E-state index in [-0.39, 0.29) is 18.9 Å². The first kappa shape index (κ1) is 13.4. The van der Waals surface area contributed by atoms with Crippen molar-refractivity contribution in [2.45, 2.75) is 13.3 Å². The molecule has 0 saturated carbocycles. The van der Waals surface area contributed by atoms with Crippen LogP contribution in [-0.2, 0) is 9.59 Å². The van der Waals surface area contributed by atoms with E-state index in [1.54, 1.807) is 4.90 Å². The van der Waals surface area contributed by atoms with Gasteiger partial charge in [0.25, 0.3) is 0 Å². The summed E-state index contributed by atoms with van der Waals surface area (Å²) in [6.45, 7) is 2.82. The molecule has 2 N–H and O–H groups in total. The van der Waals surface area contributed by atoms with Gasteiger partial charge >= 0.3 is 5.97 Å². The third-order valence-corrected chi connectivity index (χ3v) is 1.74. The predicted molar refractivity (Wildman–Crippen MR) is 53.0 cm³/mol. The minimum Gasteiger partial charge on any atom is -0.481 e. The topological polar surface area (TPSA) is 93.4 Å². The summed E-state index contributed by atoms with van der Waals surface area (Å²) in [5, 5.41) is 19.5. The Balaban J connectivity index is 3.78. The molecule has 0 bridgehead atoms. The molecule has 84 valence electrons. The van der Waals surface area contributed by atoms with Crippen molar-refractivity contribution in [1.82, 2.24) is 10.2 Å². The minimum atomic E-state index is -0.891. The van der Waals surface area contributed by atoms with E-state index < -0.39 is 5.97 Å². The molecule has 0 fully saturated rings. The lowest BCUT2D eigenvalue weighted by atomic mass is 10.3. The van der Waals surface area contributed by atoms with Crippen molar-refractivity contribution in [3.63, 3.8) is 0 Å². The maximum absolute atomic E-state index is 10.6. The number of nitrogens with one attached hydrogen (secondary N) is 1. The Bertz CT molecular complexity index is 260. The maximum atomic E-state index is 10.6. The molecule has 15 heavy (non-hydrogen) atoms. The summed E-state index contributed by atoms with van der Waals surface area (Å²) in [6, 6.07) is 1.95. The lowest BCUT2D eigenvalue weighted by Gasteiger charge is -2.17. The highest BCUT2D eigenvalue weighted by atomic mass is 16.4. The number of hydrogen-bond donors (Lipinski definition) is 2. The third-order valence-electron chi connectivity index (χ3n) is 1.74. The Labute approximate surface area is 88.5 Å². The summed E-state index contributed by atoms with van der Waals surface area (Å²) in [7, 11) is 0. The van der Waals surface area contributed by atoms with Crippen LogP contribution in [0.2, 0.25) is 0 Å². The zero-order chi connectivity index (χ0) is 11.7. The number of nitrogens with zero attached hydrogens (tertiary/aromatic N) is 2. The summed E-state index contributed by atoms with van der Waals surface area (Å²) >= 11 is 0. The number of amides is 1. The second kappa shape index (κ2) is 7.76. The highest BCUT2D eigenvalue weighted by Crippen LogP contribution is 1.90. The largest absolute Gasteiger partial charge is 0.481 e. The van der Waals surface area contributed by atoms with Gasteiger partial charge in [-0.3, -0.25) is 14.5 Å². The normalized spacial score (nSPS) is 9.67. The fraction of sp³-hybridized carbons (Fsp3) is 0.667. The first-order valence-corrected chi connectivity index (χ1v) is 4.61. The van der Waals surface area contributed by atoms with E-state index in [1.165, 1.54) is 6.92 Å². The number of carbonyl (C=O) groups is 2. The maximum Gasteiger partial charge on any atom is 0.304 e. The molecule has 0 radical (unpaired) electrons. The Hall–Kier alpha value is -1.61. The van der Waals surface area contributed by atoms with Gasteiger partial charge in [0.05, 0.1) is 19.0 Å². The molecule has 0 atom stereocenters.